The number of phenolic OH excluding ortho intramolecular Hbond substituents is 1. The van der Waals surface area contributed by atoms with Crippen molar-refractivity contribution in [2.24, 2.45) is 0 Å². The summed E-state index contributed by atoms with van der Waals surface area (Å²) in [4.78, 5) is 14.1. The Labute approximate surface area is 125 Å². The molecule has 2 aromatic heterocycles. The van der Waals surface area contributed by atoms with E-state index in [2.05, 4.69) is 20.5 Å². The van der Waals surface area contributed by atoms with Gasteiger partial charge in [0.1, 0.15) is 11.9 Å². The van der Waals surface area contributed by atoms with E-state index in [9.17, 15) is 15.2 Å². The molecule has 0 atom stereocenters. The lowest BCUT2D eigenvalue weighted by atomic mass is 10.3. The highest BCUT2D eigenvalue weighted by molar-refractivity contribution is 8.00. The molecule has 0 spiro atoms. The molecule has 3 rings (SSSR count). The normalized spacial score (nSPS) is 10.7. The van der Waals surface area contributed by atoms with Crippen molar-refractivity contribution < 1.29 is 10.0 Å². The first-order valence-corrected chi connectivity index (χ1v) is 7.12. The molecule has 1 aromatic carbocycles. The Bertz CT molecular complexity index is 784. The molecule has 0 unspecified atom stereocenters. The van der Waals surface area contributed by atoms with Gasteiger partial charge in [-0.25, -0.2) is 4.98 Å². The van der Waals surface area contributed by atoms with Gasteiger partial charge in [-0.3, -0.25) is 10.1 Å². The number of hydrogen-bond donors (Lipinski definition) is 1. The standard InChI is InChI=1S/C10H6N6O3S2/c17-7-3-1-6(2-4-7)15-9(12-13-14-15)21-10-11-5-8(20-10)16(18)19/h1-5,17H. The number of thiazole rings is 1. The van der Waals surface area contributed by atoms with E-state index >= 15 is 0 Å². The number of rotatable bonds is 4. The molecule has 106 valence electrons. The summed E-state index contributed by atoms with van der Waals surface area (Å²) in [7, 11) is 0. The Morgan fingerprint density at radius 3 is 2.76 bits per heavy atom. The summed E-state index contributed by atoms with van der Waals surface area (Å²) in [5.41, 5.74) is 0.659. The summed E-state index contributed by atoms with van der Waals surface area (Å²) < 4.78 is 1.92. The number of aromatic hydroxyl groups is 1. The summed E-state index contributed by atoms with van der Waals surface area (Å²) >= 11 is 2.07. The molecular weight excluding hydrogens is 316 g/mol. The van der Waals surface area contributed by atoms with Crippen LogP contribution >= 0.6 is 23.1 Å². The molecule has 1 N–H and O–H groups in total. The molecule has 0 saturated heterocycles. The minimum atomic E-state index is -0.495. The van der Waals surface area contributed by atoms with Gasteiger partial charge in [-0.1, -0.05) is 0 Å². The Morgan fingerprint density at radius 1 is 1.33 bits per heavy atom. The highest BCUT2D eigenvalue weighted by atomic mass is 32.2. The number of aromatic nitrogens is 5. The first kappa shape index (κ1) is 13.5. The maximum atomic E-state index is 10.6. The molecule has 0 saturated carbocycles. The van der Waals surface area contributed by atoms with Crippen molar-refractivity contribution in [2.45, 2.75) is 9.50 Å². The van der Waals surface area contributed by atoms with Crippen molar-refractivity contribution >= 4 is 28.1 Å². The van der Waals surface area contributed by atoms with Crippen LogP contribution < -0.4 is 0 Å². The fraction of sp³-hybridized carbons (Fsp3) is 0. The molecule has 3 aromatic rings. The van der Waals surface area contributed by atoms with Crippen molar-refractivity contribution in [2.75, 3.05) is 0 Å². The van der Waals surface area contributed by atoms with Gasteiger partial charge in [-0.15, -0.1) is 5.10 Å². The maximum absolute atomic E-state index is 10.6. The molecule has 2 heterocycles. The van der Waals surface area contributed by atoms with Gasteiger partial charge in [-0.2, -0.15) is 4.68 Å². The van der Waals surface area contributed by atoms with Crippen LogP contribution in [0.2, 0.25) is 0 Å². The van der Waals surface area contributed by atoms with Gasteiger partial charge in [0.05, 0.1) is 10.6 Å². The van der Waals surface area contributed by atoms with Gasteiger partial charge >= 0.3 is 5.00 Å². The molecule has 0 fully saturated rings. The Morgan fingerprint density at radius 2 is 2.10 bits per heavy atom. The van der Waals surface area contributed by atoms with Gasteiger partial charge in [0.15, 0.2) is 4.34 Å². The molecule has 11 heteroatoms. The maximum Gasteiger partial charge on any atom is 0.344 e. The number of phenols is 1. The number of benzene rings is 1. The minimum Gasteiger partial charge on any atom is -0.508 e. The molecule has 0 aliphatic carbocycles. The largest absolute Gasteiger partial charge is 0.508 e. The zero-order valence-corrected chi connectivity index (χ0v) is 11.8. The molecule has 0 bridgehead atoms. The van der Waals surface area contributed by atoms with Gasteiger partial charge in [0.25, 0.3) is 0 Å². The Balaban J connectivity index is 1.88. The average molecular weight is 322 g/mol. The van der Waals surface area contributed by atoms with Crippen LogP contribution in [0.5, 0.6) is 5.75 Å². The van der Waals surface area contributed by atoms with Crippen LogP contribution in [0.3, 0.4) is 0 Å². The van der Waals surface area contributed by atoms with E-state index < -0.39 is 4.92 Å². The van der Waals surface area contributed by atoms with E-state index in [0.717, 1.165) is 23.1 Å². The van der Waals surface area contributed by atoms with E-state index in [1.54, 1.807) is 12.1 Å². The van der Waals surface area contributed by atoms with E-state index in [4.69, 9.17) is 0 Å². The summed E-state index contributed by atoms with van der Waals surface area (Å²) in [5.74, 6) is 0.136. The Kier molecular flexibility index (Phi) is 3.50. The molecule has 0 amide bonds. The van der Waals surface area contributed by atoms with E-state index in [-0.39, 0.29) is 10.8 Å². The van der Waals surface area contributed by atoms with Crippen LogP contribution in [0.1, 0.15) is 0 Å². The van der Waals surface area contributed by atoms with Gasteiger partial charge in [0.2, 0.25) is 5.16 Å². The zero-order valence-electron chi connectivity index (χ0n) is 10.2. The lowest BCUT2D eigenvalue weighted by Crippen LogP contribution is -1.98. The Hall–Kier alpha value is -2.53. The van der Waals surface area contributed by atoms with Crippen molar-refractivity contribution in [3.63, 3.8) is 0 Å². The predicted molar refractivity (Wildman–Crippen MR) is 73.7 cm³/mol. The smallest absolute Gasteiger partial charge is 0.344 e. The second-order valence-electron chi connectivity index (χ2n) is 3.71. The summed E-state index contributed by atoms with van der Waals surface area (Å²) in [5, 5.41) is 31.6. The van der Waals surface area contributed by atoms with E-state index in [1.165, 1.54) is 23.0 Å². The lowest BCUT2D eigenvalue weighted by Gasteiger charge is -2.02. The zero-order chi connectivity index (χ0) is 14.8. The van der Waals surface area contributed by atoms with Crippen molar-refractivity contribution in [1.82, 2.24) is 25.2 Å². The second-order valence-corrected chi connectivity index (χ2v) is 5.94. The quantitative estimate of drug-likeness (QED) is 0.571. The molecule has 0 aliphatic heterocycles. The van der Waals surface area contributed by atoms with Crippen LogP contribution in [-0.4, -0.2) is 35.2 Å². The molecule has 9 nitrogen and oxygen atoms in total. The van der Waals surface area contributed by atoms with Gasteiger partial charge in [0, 0.05) is 0 Å². The summed E-state index contributed by atoms with van der Waals surface area (Å²) in [6, 6.07) is 6.33. The first-order valence-electron chi connectivity index (χ1n) is 5.49. The third-order valence-corrected chi connectivity index (χ3v) is 4.33. The average Bonchev–Trinajstić information content (AvgIpc) is 3.10. The van der Waals surface area contributed by atoms with Crippen LogP contribution in [0, 0.1) is 10.1 Å². The van der Waals surface area contributed by atoms with Crippen LogP contribution in [-0.2, 0) is 0 Å². The highest BCUT2D eigenvalue weighted by Crippen LogP contribution is 2.33. The number of tetrazole rings is 1. The summed E-state index contributed by atoms with van der Waals surface area (Å²) in [6.45, 7) is 0. The number of nitrogens with zero attached hydrogens (tertiary/aromatic N) is 6. The van der Waals surface area contributed by atoms with Crippen LogP contribution in [0.25, 0.3) is 5.69 Å². The molecule has 21 heavy (non-hydrogen) atoms. The third kappa shape index (κ3) is 2.83. The first-order chi connectivity index (χ1) is 10.1. The summed E-state index contributed by atoms with van der Waals surface area (Å²) in [6.07, 6.45) is 1.20. The van der Waals surface area contributed by atoms with Crippen LogP contribution in [0.4, 0.5) is 5.00 Å². The van der Waals surface area contributed by atoms with Gasteiger partial charge < -0.3 is 5.11 Å². The van der Waals surface area contributed by atoms with Gasteiger partial charge in [-0.05, 0) is 57.8 Å². The van der Waals surface area contributed by atoms with Crippen molar-refractivity contribution in [3.8, 4) is 11.4 Å². The molecular formula is C10H6N6O3S2. The fourth-order valence-electron chi connectivity index (χ4n) is 1.46. The van der Waals surface area contributed by atoms with E-state index in [0.29, 0.717) is 15.2 Å². The molecule has 0 radical (unpaired) electrons. The second kappa shape index (κ2) is 5.46. The highest BCUT2D eigenvalue weighted by Gasteiger charge is 2.16. The molecule has 0 aliphatic rings. The SMILES string of the molecule is O=[N+]([O-])c1cnc(Sc2nnnn2-c2ccc(O)cc2)s1. The van der Waals surface area contributed by atoms with E-state index in [1.807, 2.05) is 0 Å². The number of hydrogen-bond acceptors (Lipinski definition) is 9. The minimum absolute atomic E-state index is 0.0406. The number of nitro groups is 1. The fourth-order valence-corrected chi connectivity index (χ4v) is 3.14. The monoisotopic (exact) mass is 322 g/mol. The van der Waals surface area contributed by atoms with Crippen molar-refractivity contribution in [3.05, 3.63) is 40.6 Å². The topological polar surface area (TPSA) is 120 Å². The predicted octanol–water partition coefficient (Wildman–Crippen LogP) is 1.88. The van der Waals surface area contributed by atoms with Crippen molar-refractivity contribution in [1.29, 1.82) is 0 Å². The van der Waals surface area contributed by atoms with Crippen LogP contribution in [0.15, 0.2) is 40.0 Å². The third-order valence-electron chi connectivity index (χ3n) is 2.37. The lowest BCUT2D eigenvalue weighted by molar-refractivity contribution is -0.380.